The van der Waals surface area contributed by atoms with E-state index in [2.05, 4.69) is 20.4 Å². The molecule has 12 heteroatoms. The molecule has 0 saturated heterocycles. The highest BCUT2D eigenvalue weighted by atomic mass is 31.2. The third kappa shape index (κ3) is 13.6. The number of ether oxygens (including phenoxy) is 1. The maximum Gasteiger partial charge on any atom is 0.338 e. The summed E-state index contributed by atoms with van der Waals surface area (Å²) < 4.78 is 26.3. The first-order valence-corrected chi connectivity index (χ1v) is 15.9. The highest BCUT2D eigenvalue weighted by molar-refractivity contribution is 7.54. The number of esters is 1. The Morgan fingerprint density at radius 2 is 1.18 bits per heavy atom. The Balaban J connectivity index is 0.000000243. The van der Waals surface area contributed by atoms with Gasteiger partial charge >= 0.3 is 13.6 Å². The molecule has 0 fully saturated rings. The Morgan fingerprint density at radius 3 is 1.62 bits per heavy atom. The largest absolute Gasteiger partial charge is 0.463 e. The van der Waals surface area contributed by atoms with E-state index in [4.69, 9.17) is 13.8 Å². The standard InChI is InChI=1S/C15H14N2O2.C11H8N2O.C7H15O4P/c1-2-19-15(18)10-14(12-6-4-3-5-7-12)13-8-9-16-17-11-13;14-11(9-4-2-1-3-5-9)10-6-7-12-13-8-10;1-4-10-12(9,11-5-2)6-7(3)8/h3-11H,2H2,1H3;1-8H;4-6H2,1-3H3/b14-10+;;. The molecular formula is C33H37N4O7P. The maximum atomic E-state index is 11.8. The molecule has 4 aromatic rings. The van der Waals surface area contributed by atoms with Gasteiger partial charge in [-0.1, -0.05) is 60.7 Å². The summed E-state index contributed by atoms with van der Waals surface area (Å²) in [7, 11) is -3.12. The van der Waals surface area contributed by atoms with Crippen LogP contribution in [0, 0.1) is 0 Å². The molecule has 2 aromatic carbocycles. The number of carbonyl (C=O) groups excluding carboxylic acids is 3. The molecule has 0 N–H and O–H groups in total. The van der Waals surface area contributed by atoms with Crippen LogP contribution in [0.5, 0.6) is 0 Å². The average molecular weight is 633 g/mol. The third-order valence-electron chi connectivity index (χ3n) is 5.48. The van der Waals surface area contributed by atoms with Crippen molar-refractivity contribution in [3.8, 4) is 0 Å². The second-order valence-electron chi connectivity index (χ2n) is 8.94. The molecule has 236 valence electrons. The zero-order chi connectivity index (χ0) is 32.9. The highest BCUT2D eigenvalue weighted by Crippen LogP contribution is 2.47. The summed E-state index contributed by atoms with van der Waals surface area (Å²) in [6.07, 6.45) is 7.55. The summed E-state index contributed by atoms with van der Waals surface area (Å²) in [6.45, 7) is 7.52. The number of hydrogen-bond donors (Lipinski definition) is 0. The van der Waals surface area contributed by atoms with Gasteiger partial charge in [0.15, 0.2) is 5.78 Å². The number of nitrogens with zero attached hydrogens (tertiary/aromatic N) is 4. The van der Waals surface area contributed by atoms with Gasteiger partial charge in [0.25, 0.3) is 0 Å². The first-order valence-electron chi connectivity index (χ1n) is 14.2. The zero-order valence-corrected chi connectivity index (χ0v) is 26.6. The van der Waals surface area contributed by atoms with Crippen LogP contribution in [-0.2, 0) is 27.9 Å². The van der Waals surface area contributed by atoms with E-state index in [1.807, 2.05) is 54.6 Å². The molecule has 0 unspecified atom stereocenters. The van der Waals surface area contributed by atoms with Crippen molar-refractivity contribution >= 4 is 30.7 Å². The second-order valence-corrected chi connectivity index (χ2v) is 11.0. The van der Waals surface area contributed by atoms with Crippen LogP contribution in [0.1, 0.15) is 54.7 Å². The molecule has 11 nitrogen and oxygen atoms in total. The predicted molar refractivity (Wildman–Crippen MR) is 170 cm³/mol. The van der Waals surface area contributed by atoms with E-state index in [1.165, 1.54) is 25.4 Å². The average Bonchev–Trinajstić information content (AvgIpc) is 3.05. The fourth-order valence-electron chi connectivity index (χ4n) is 3.68. The number of Topliss-reactive ketones (excluding diaryl/α,β-unsaturated/α-hetero) is 1. The first-order chi connectivity index (χ1) is 21.7. The van der Waals surface area contributed by atoms with Gasteiger partial charge in [0, 0.05) is 22.8 Å². The number of carbonyl (C=O) groups is 3. The van der Waals surface area contributed by atoms with Gasteiger partial charge in [-0.3, -0.25) is 14.2 Å². The Bertz CT molecular complexity index is 1450. The lowest BCUT2D eigenvalue weighted by molar-refractivity contribution is -0.137. The first kappa shape index (κ1) is 36.5. The molecule has 0 atom stereocenters. The molecule has 2 aromatic heterocycles. The van der Waals surface area contributed by atoms with E-state index in [0.29, 0.717) is 30.9 Å². The van der Waals surface area contributed by atoms with Crippen LogP contribution in [0.4, 0.5) is 0 Å². The maximum absolute atomic E-state index is 11.8. The quantitative estimate of drug-likeness (QED) is 0.0781. The van der Waals surface area contributed by atoms with Crippen LogP contribution in [0.25, 0.3) is 5.57 Å². The van der Waals surface area contributed by atoms with Gasteiger partial charge in [-0.25, -0.2) is 4.79 Å². The molecule has 0 bridgehead atoms. The van der Waals surface area contributed by atoms with Crippen molar-refractivity contribution in [3.05, 3.63) is 126 Å². The van der Waals surface area contributed by atoms with Gasteiger partial charge < -0.3 is 13.8 Å². The van der Waals surface area contributed by atoms with Gasteiger partial charge in [-0.2, -0.15) is 20.4 Å². The molecule has 45 heavy (non-hydrogen) atoms. The minimum atomic E-state index is -3.12. The lowest BCUT2D eigenvalue weighted by atomic mass is 9.99. The molecule has 0 amide bonds. The van der Waals surface area contributed by atoms with Crippen molar-refractivity contribution in [1.82, 2.24) is 20.4 Å². The number of rotatable bonds is 12. The van der Waals surface area contributed by atoms with Crippen LogP contribution in [-0.4, -0.2) is 63.9 Å². The van der Waals surface area contributed by atoms with Crippen molar-refractivity contribution < 1.29 is 32.7 Å². The minimum Gasteiger partial charge on any atom is -0.463 e. The van der Waals surface area contributed by atoms with Crippen LogP contribution >= 0.6 is 7.60 Å². The Labute approximate surface area is 263 Å². The van der Waals surface area contributed by atoms with E-state index < -0.39 is 7.60 Å². The van der Waals surface area contributed by atoms with Gasteiger partial charge in [0.2, 0.25) is 0 Å². The lowest BCUT2D eigenvalue weighted by Gasteiger charge is -2.14. The smallest absolute Gasteiger partial charge is 0.338 e. The summed E-state index contributed by atoms with van der Waals surface area (Å²) in [5, 5.41) is 14.9. The van der Waals surface area contributed by atoms with Crippen LogP contribution in [0.15, 0.2) is 104 Å². The monoisotopic (exact) mass is 632 g/mol. The van der Waals surface area contributed by atoms with E-state index in [9.17, 15) is 18.9 Å². The fourth-order valence-corrected chi connectivity index (χ4v) is 5.27. The van der Waals surface area contributed by atoms with Gasteiger partial charge in [0.1, 0.15) is 11.9 Å². The molecule has 0 radical (unpaired) electrons. The van der Waals surface area contributed by atoms with Crippen LogP contribution < -0.4 is 0 Å². The predicted octanol–water partition coefficient (Wildman–Crippen LogP) is 6.02. The van der Waals surface area contributed by atoms with Gasteiger partial charge in [-0.15, -0.1) is 0 Å². The molecule has 0 saturated carbocycles. The summed E-state index contributed by atoms with van der Waals surface area (Å²) in [5.74, 6) is -0.570. The Hall–Kier alpha value is -4.70. The number of benzene rings is 2. The number of aromatic nitrogens is 4. The van der Waals surface area contributed by atoms with Crippen molar-refractivity contribution in [2.75, 3.05) is 26.0 Å². The van der Waals surface area contributed by atoms with Crippen LogP contribution in [0.2, 0.25) is 0 Å². The molecule has 0 aliphatic carbocycles. The van der Waals surface area contributed by atoms with Crippen LogP contribution in [0.3, 0.4) is 0 Å². The van der Waals surface area contributed by atoms with Crippen molar-refractivity contribution in [3.63, 3.8) is 0 Å². The van der Waals surface area contributed by atoms with E-state index >= 15 is 0 Å². The van der Waals surface area contributed by atoms with Crippen molar-refractivity contribution in [2.24, 2.45) is 0 Å². The molecule has 4 rings (SSSR count). The minimum absolute atomic E-state index is 0.0273. The Kier molecular flexibility index (Phi) is 16.5. The number of hydrogen-bond acceptors (Lipinski definition) is 11. The van der Waals surface area contributed by atoms with E-state index in [1.54, 1.807) is 51.4 Å². The molecule has 0 aliphatic heterocycles. The SMILES string of the molecule is CCOC(=O)/C=C(\c1ccccc1)c1ccnnc1.CCOP(=O)(CC(C)=O)OCC.O=C(c1ccccc1)c1ccnnc1. The molecule has 2 heterocycles. The van der Waals surface area contributed by atoms with E-state index in [0.717, 1.165) is 16.7 Å². The Morgan fingerprint density at radius 1 is 0.667 bits per heavy atom. The second kappa shape index (κ2) is 20.3. The molecule has 0 aliphatic rings. The molecular weight excluding hydrogens is 595 g/mol. The zero-order valence-electron chi connectivity index (χ0n) is 25.7. The summed E-state index contributed by atoms with van der Waals surface area (Å²) >= 11 is 0. The highest BCUT2D eigenvalue weighted by Gasteiger charge is 2.25. The normalized spacial score (nSPS) is 10.8. The van der Waals surface area contributed by atoms with E-state index in [-0.39, 0.29) is 23.7 Å². The lowest BCUT2D eigenvalue weighted by Crippen LogP contribution is -2.06. The van der Waals surface area contributed by atoms with Gasteiger partial charge in [-0.05, 0) is 51.0 Å². The fraction of sp³-hybridized carbons (Fsp3) is 0.242. The summed E-state index contributed by atoms with van der Waals surface area (Å²) in [5.41, 5.74) is 3.76. The summed E-state index contributed by atoms with van der Waals surface area (Å²) in [6, 6.07) is 22.2. The summed E-state index contributed by atoms with van der Waals surface area (Å²) in [4.78, 5) is 34.1. The van der Waals surface area contributed by atoms with Gasteiger partial charge in [0.05, 0.1) is 44.6 Å². The topological polar surface area (TPSA) is 148 Å². The number of ketones is 2. The molecule has 0 spiro atoms. The van der Waals surface area contributed by atoms with Crippen molar-refractivity contribution in [1.29, 1.82) is 0 Å². The third-order valence-corrected chi connectivity index (χ3v) is 7.61. The van der Waals surface area contributed by atoms with Crippen molar-refractivity contribution in [2.45, 2.75) is 27.7 Å².